The molecule has 0 radical (unpaired) electrons. The first-order valence-electron chi connectivity index (χ1n) is 5.85. The fraction of sp³-hybridized carbons (Fsp3) is 0.200. The molecule has 94 valence electrons. The van der Waals surface area contributed by atoms with Crippen molar-refractivity contribution < 1.29 is 9.84 Å². The molecule has 0 unspecified atom stereocenters. The zero-order valence-electron chi connectivity index (χ0n) is 9.97. The van der Waals surface area contributed by atoms with E-state index in [0.717, 1.165) is 12.0 Å². The molecule has 0 saturated heterocycles. The zero-order valence-corrected chi connectivity index (χ0v) is 10.7. The van der Waals surface area contributed by atoms with Gasteiger partial charge in [0.25, 0.3) is 0 Å². The second-order valence-corrected chi connectivity index (χ2v) is 4.43. The van der Waals surface area contributed by atoms with E-state index < -0.39 is 0 Å². The van der Waals surface area contributed by atoms with Gasteiger partial charge in [0.2, 0.25) is 0 Å². The highest BCUT2D eigenvalue weighted by Gasteiger charge is 2.03. The van der Waals surface area contributed by atoms with Crippen LogP contribution < -0.4 is 4.74 Å². The van der Waals surface area contributed by atoms with Crippen molar-refractivity contribution in [1.82, 2.24) is 0 Å². The van der Waals surface area contributed by atoms with E-state index in [4.69, 9.17) is 16.3 Å². The minimum Gasteiger partial charge on any atom is -0.493 e. The summed E-state index contributed by atoms with van der Waals surface area (Å²) in [5.74, 6) is 0.654. The molecule has 0 aliphatic carbocycles. The van der Waals surface area contributed by atoms with Crippen molar-refractivity contribution >= 4 is 11.6 Å². The third-order valence-electron chi connectivity index (χ3n) is 2.69. The largest absolute Gasteiger partial charge is 0.493 e. The topological polar surface area (TPSA) is 29.5 Å². The summed E-state index contributed by atoms with van der Waals surface area (Å²) in [5.41, 5.74) is 1.98. The lowest BCUT2D eigenvalue weighted by atomic mass is 10.2. The van der Waals surface area contributed by atoms with E-state index in [0.29, 0.717) is 17.4 Å². The second kappa shape index (κ2) is 6.43. The normalized spacial score (nSPS) is 10.3. The number of ether oxygens (including phenoxy) is 1. The van der Waals surface area contributed by atoms with Crippen LogP contribution in [0.3, 0.4) is 0 Å². The van der Waals surface area contributed by atoms with Crippen LogP contribution in [0, 0.1) is 0 Å². The number of aliphatic hydroxyl groups excluding tert-OH is 1. The van der Waals surface area contributed by atoms with Crippen molar-refractivity contribution in [3.63, 3.8) is 0 Å². The molecule has 0 aromatic heterocycles. The Morgan fingerprint density at radius 1 is 1.06 bits per heavy atom. The number of benzene rings is 2. The summed E-state index contributed by atoms with van der Waals surface area (Å²) in [6.45, 7) is 0.523. The monoisotopic (exact) mass is 262 g/mol. The molecule has 3 heteroatoms. The first kappa shape index (κ1) is 12.9. The summed E-state index contributed by atoms with van der Waals surface area (Å²) in [4.78, 5) is 0. The van der Waals surface area contributed by atoms with Gasteiger partial charge in [-0.05, 0) is 17.7 Å². The average Bonchev–Trinajstić information content (AvgIpc) is 2.40. The van der Waals surface area contributed by atoms with Gasteiger partial charge in [-0.25, -0.2) is 0 Å². The van der Waals surface area contributed by atoms with E-state index in [1.54, 1.807) is 18.2 Å². The van der Waals surface area contributed by atoms with Crippen molar-refractivity contribution in [3.8, 4) is 5.75 Å². The van der Waals surface area contributed by atoms with Crippen LogP contribution in [0.15, 0.2) is 48.5 Å². The molecular formula is C15H15ClO2. The predicted molar refractivity (Wildman–Crippen MR) is 73.0 cm³/mol. The fourth-order valence-electron chi connectivity index (χ4n) is 1.72. The van der Waals surface area contributed by atoms with E-state index in [1.165, 1.54) is 5.56 Å². The van der Waals surface area contributed by atoms with Gasteiger partial charge in [-0.3, -0.25) is 0 Å². The first-order chi connectivity index (χ1) is 8.79. The van der Waals surface area contributed by atoms with Crippen molar-refractivity contribution in [2.45, 2.75) is 13.0 Å². The van der Waals surface area contributed by atoms with Gasteiger partial charge >= 0.3 is 0 Å². The van der Waals surface area contributed by atoms with Crippen LogP contribution in [0.2, 0.25) is 5.02 Å². The lowest BCUT2D eigenvalue weighted by Gasteiger charge is -2.10. The number of rotatable bonds is 5. The van der Waals surface area contributed by atoms with Crippen molar-refractivity contribution in [3.05, 3.63) is 64.7 Å². The summed E-state index contributed by atoms with van der Waals surface area (Å²) < 4.78 is 5.67. The molecule has 18 heavy (non-hydrogen) atoms. The third-order valence-corrected chi connectivity index (χ3v) is 2.93. The lowest BCUT2D eigenvalue weighted by molar-refractivity contribution is 0.264. The average molecular weight is 263 g/mol. The van der Waals surface area contributed by atoms with Crippen LogP contribution in [0.25, 0.3) is 0 Å². The molecule has 0 amide bonds. The Labute approximate surface area is 112 Å². The van der Waals surface area contributed by atoms with E-state index in [1.807, 2.05) is 18.2 Å². The Bertz CT molecular complexity index is 497. The molecule has 0 fully saturated rings. The Balaban J connectivity index is 1.96. The van der Waals surface area contributed by atoms with Gasteiger partial charge in [-0.2, -0.15) is 0 Å². The molecule has 0 aliphatic rings. The van der Waals surface area contributed by atoms with Crippen molar-refractivity contribution in [2.24, 2.45) is 0 Å². The smallest absolute Gasteiger partial charge is 0.126 e. The second-order valence-electron chi connectivity index (χ2n) is 3.99. The van der Waals surface area contributed by atoms with Gasteiger partial charge in [-0.15, -0.1) is 0 Å². The Morgan fingerprint density at radius 2 is 1.83 bits per heavy atom. The predicted octanol–water partition coefficient (Wildman–Crippen LogP) is 3.45. The maximum absolute atomic E-state index is 9.20. The number of halogens is 1. The van der Waals surface area contributed by atoms with Crippen LogP contribution in [-0.2, 0) is 13.0 Å². The highest BCUT2D eigenvalue weighted by Crippen LogP contribution is 2.23. The molecular weight excluding hydrogens is 248 g/mol. The molecule has 0 spiro atoms. The van der Waals surface area contributed by atoms with Crippen molar-refractivity contribution in [2.75, 3.05) is 6.61 Å². The Hall–Kier alpha value is -1.51. The van der Waals surface area contributed by atoms with Gasteiger partial charge in [0, 0.05) is 17.0 Å². The molecule has 0 saturated carbocycles. The molecule has 2 nitrogen and oxygen atoms in total. The van der Waals surface area contributed by atoms with Crippen LogP contribution in [0.1, 0.15) is 11.1 Å². The SMILES string of the molecule is OCc1ccc(Cl)cc1OCCc1ccccc1. The van der Waals surface area contributed by atoms with Crippen LogP contribution in [0.4, 0.5) is 0 Å². The minimum absolute atomic E-state index is 0.0438. The standard InChI is InChI=1S/C15H15ClO2/c16-14-7-6-13(11-17)15(10-14)18-9-8-12-4-2-1-3-5-12/h1-7,10,17H,8-9,11H2. The molecule has 1 N–H and O–H groups in total. The zero-order chi connectivity index (χ0) is 12.8. The summed E-state index contributed by atoms with van der Waals surface area (Å²) >= 11 is 5.91. The lowest BCUT2D eigenvalue weighted by Crippen LogP contribution is -2.03. The first-order valence-corrected chi connectivity index (χ1v) is 6.23. The van der Waals surface area contributed by atoms with Gasteiger partial charge in [0.05, 0.1) is 13.2 Å². The highest BCUT2D eigenvalue weighted by atomic mass is 35.5. The quantitative estimate of drug-likeness (QED) is 0.894. The van der Waals surface area contributed by atoms with E-state index in [-0.39, 0.29) is 6.61 Å². The van der Waals surface area contributed by atoms with Crippen LogP contribution in [-0.4, -0.2) is 11.7 Å². The molecule has 0 atom stereocenters. The number of aliphatic hydroxyl groups is 1. The summed E-state index contributed by atoms with van der Waals surface area (Å²) in [5, 5.41) is 9.82. The van der Waals surface area contributed by atoms with Gasteiger partial charge in [-0.1, -0.05) is 48.0 Å². The molecule has 2 aromatic carbocycles. The molecule has 2 aromatic rings. The summed E-state index contributed by atoms with van der Waals surface area (Å²) in [7, 11) is 0. The van der Waals surface area contributed by atoms with Crippen LogP contribution >= 0.6 is 11.6 Å². The van der Waals surface area contributed by atoms with Gasteiger partial charge < -0.3 is 9.84 Å². The number of hydrogen-bond acceptors (Lipinski definition) is 2. The number of hydrogen-bond donors (Lipinski definition) is 1. The molecule has 2 rings (SSSR count). The molecule has 0 heterocycles. The third kappa shape index (κ3) is 3.49. The van der Waals surface area contributed by atoms with Gasteiger partial charge in [0.1, 0.15) is 5.75 Å². The highest BCUT2D eigenvalue weighted by molar-refractivity contribution is 6.30. The van der Waals surface area contributed by atoms with Gasteiger partial charge in [0.15, 0.2) is 0 Å². The molecule has 0 aliphatic heterocycles. The van der Waals surface area contributed by atoms with Crippen molar-refractivity contribution in [1.29, 1.82) is 0 Å². The maximum Gasteiger partial charge on any atom is 0.126 e. The minimum atomic E-state index is -0.0438. The summed E-state index contributed by atoms with van der Waals surface area (Å²) in [6.07, 6.45) is 0.832. The van der Waals surface area contributed by atoms with E-state index >= 15 is 0 Å². The molecule has 0 bridgehead atoms. The van der Waals surface area contributed by atoms with Crippen LogP contribution in [0.5, 0.6) is 5.75 Å². The summed E-state index contributed by atoms with van der Waals surface area (Å²) in [6, 6.07) is 15.4. The van der Waals surface area contributed by atoms with E-state index in [9.17, 15) is 5.11 Å². The maximum atomic E-state index is 9.20. The fourth-order valence-corrected chi connectivity index (χ4v) is 1.88. The van der Waals surface area contributed by atoms with E-state index in [2.05, 4.69) is 12.1 Å². The Kier molecular flexibility index (Phi) is 4.62. The Morgan fingerprint density at radius 3 is 2.56 bits per heavy atom.